The highest BCUT2D eigenvalue weighted by atomic mass is 32.2. The number of carbonyl (C=O) groups is 1. The zero-order valence-electron chi connectivity index (χ0n) is 11.2. The van der Waals surface area contributed by atoms with Gasteiger partial charge < -0.3 is 4.89 Å². The van der Waals surface area contributed by atoms with Gasteiger partial charge in [0.2, 0.25) is 0 Å². The monoisotopic (exact) mass is 296 g/mol. The molecule has 114 valence electrons. The lowest BCUT2D eigenvalue weighted by Gasteiger charge is -2.02. The average molecular weight is 296 g/mol. The molecule has 0 aliphatic heterocycles. The molecule has 0 aromatic rings. The maximum Gasteiger partial charge on any atom is 0.342 e. The summed E-state index contributed by atoms with van der Waals surface area (Å²) in [5.74, 6) is -0.729. The Labute approximate surface area is 114 Å². The van der Waals surface area contributed by atoms with Crippen molar-refractivity contribution in [3.63, 3.8) is 0 Å². The molecule has 0 fully saturated rings. The van der Waals surface area contributed by atoms with Crippen LogP contribution in [0.4, 0.5) is 0 Å². The third-order valence-electron chi connectivity index (χ3n) is 2.89. The van der Waals surface area contributed by atoms with Gasteiger partial charge in [-0.3, -0.25) is 4.55 Å². The van der Waals surface area contributed by atoms with Crippen LogP contribution in [0.2, 0.25) is 0 Å². The van der Waals surface area contributed by atoms with E-state index in [2.05, 4.69) is 4.89 Å². The summed E-state index contributed by atoms with van der Waals surface area (Å²) in [7, 11) is -3.80. The van der Waals surface area contributed by atoms with E-state index in [-0.39, 0.29) is 12.2 Å². The molecule has 0 aliphatic carbocycles. The van der Waals surface area contributed by atoms with E-state index in [0.29, 0.717) is 6.42 Å². The van der Waals surface area contributed by atoms with Gasteiger partial charge in [0.25, 0.3) is 10.1 Å². The first-order valence-electron chi connectivity index (χ1n) is 6.75. The van der Waals surface area contributed by atoms with Gasteiger partial charge in [0.15, 0.2) is 0 Å². The van der Waals surface area contributed by atoms with Crippen molar-refractivity contribution < 1.29 is 27.9 Å². The first-order valence-corrected chi connectivity index (χ1v) is 8.36. The highest BCUT2D eigenvalue weighted by Crippen LogP contribution is 2.11. The second-order valence-corrected chi connectivity index (χ2v) is 6.25. The molecule has 0 radical (unpaired) electrons. The van der Waals surface area contributed by atoms with Crippen molar-refractivity contribution in [1.29, 1.82) is 0 Å². The van der Waals surface area contributed by atoms with E-state index >= 15 is 0 Å². The Bertz CT molecular complexity index is 325. The number of carbonyl (C=O) groups excluding carboxylic acids is 1. The molecule has 7 heteroatoms. The zero-order valence-corrected chi connectivity index (χ0v) is 12.0. The van der Waals surface area contributed by atoms with Gasteiger partial charge in [-0.1, -0.05) is 44.9 Å². The van der Waals surface area contributed by atoms with Crippen LogP contribution in [0.1, 0.15) is 64.2 Å². The van der Waals surface area contributed by atoms with Crippen molar-refractivity contribution in [2.24, 2.45) is 0 Å². The highest BCUT2D eigenvalue weighted by molar-refractivity contribution is 7.85. The van der Waals surface area contributed by atoms with E-state index < -0.39 is 16.1 Å². The van der Waals surface area contributed by atoms with Crippen LogP contribution in [0.25, 0.3) is 0 Å². The minimum Gasteiger partial charge on any atom is -0.301 e. The fraction of sp³-hybridized carbons (Fsp3) is 0.917. The van der Waals surface area contributed by atoms with Gasteiger partial charge in [-0.05, 0) is 12.8 Å². The first kappa shape index (κ1) is 18.3. The number of hydrogen-bond donors (Lipinski definition) is 2. The molecular formula is C12H24O6S. The van der Waals surface area contributed by atoms with Gasteiger partial charge in [-0.2, -0.15) is 13.7 Å². The molecule has 0 aliphatic rings. The Hall–Kier alpha value is -0.660. The second kappa shape index (κ2) is 11.2. The number of hydrogen-bond acceptors (Lipinski definition) is 5. The maximum absolute atomic E-state index is 10.6. The quantitative estimate of drug-likeness (QED) is 0.248. The maximum atomic E-state index is 10.6. The number of rotatable bonds is 12. The zero-order chi connectivity index (χ0) is 14.6. The van der Waals surface area contributed by atoms with E-state index in [4.69, 9.17) is 9.81 Å². The summed E-state index contributed by atoms with van der Waals surface area (Å²) in [5.41, 5.74) is 0. The Morgan fingerprint density at radius 3 is 1.68 bits per heavy atom. The predicted octanol–water partition coefficient (Wildman–Crippen LogP) is 2.79. The first-order chi connectivity index (χ1) is 8.95. The van der Waals surface area contributed by atoms with Crippen LogP contribution in [-0.2, 0) is 19.8 Å². The lowest BCUT2D eigenvalue weighted by molar-refractivity contribution is -0.234. The summed E-state index contributed by atoms with van der Waals surface area (Å²) in [6, 6.07) is 0. The third-order valence-corrected chi connectivity index (χ3v) is 3.69. The smallest absolute Gasteiger partial charge is 0.301 e. The highest BCUT2D eigenvalue weighted by Gasteiger charge is 2.03. The summed E-state index contributed by atoms with van der Waals surface area (Å²) in [6.45, 7) is 0. The van der Waals surface area contributed by atoms with Crippen molar-refractivity contribution in [2.75, 3.05) is 5.75 Å². The average Bonchev–Trinajstić information content (AvgIpc) is 2.34. The van der Waals surface area contributed by atoms with E-state index in [1.807, 2.05) is 0 Å². The van der Waals surface area contributed by atoms with E-state index in [9.17, 15) is 13.2 Å². The molecule has 0 unspecified atom stereocenters. The Kier molecular flexibility index (Phi) is 10.8. The molecule has 0 amide bonds. The fourth-order valence-electron chi connectivity index (χ4n) is 1.84. The Morgan fingerprint density at radius 1 is 0.842 bits per heavy atom. The van der Waals surface area contributed by atoms with Crippen molar-refractivity contribution >= 4 is 16.1 Å². The molecule has 0 atom stereocenters. The molecular weight excluding hydrogens is 272 g/mol. The Morgan fingerprint density at radius 2 is 1.26 bits per heavy atom. The largest absolute Gasteiger partial charge is 0.342 e. The minimum absolute atomic E-state index is 0.145. The van der Waals surface area contributed by atoms with E-state index in [0.717, 1.165) is 51.4 Å². The summed E-state index contributed by atoms with van der Waals surface area (Å²) >= 11 is 0. The van der Waals surface area contributed by atoms with Gasteiger partial charge in [0.1, 0.15) is 0 Å². The number of unbranched alkanes of at least 4 members (excludes halogenated alkanes) is 8. The van der Waals surface area contributed by atoms with Crippen molar-refractivity contribution in [1.82, 2.24) is 0 Å². The van der Waals surface area contributed by atoms with Crippen LogP contribution in [0.3, 0.4) is 0 Å². The molecule has 0 aromatic heterocycles. The van der Waals surface area contributed by atoms with Gasteiger partial charge in [-0.15, -0.1) is 0 Å². The molecule has 19 heavy (non-hydrogen) atoms. The molecule has 0 bridgehead atoms. The SMILES string of the molecule is O=C(CCCCCCCCCCCS(=O)(=O)O)OO. The summed E-state index contributed by atoms with van der Waals surface area (Å²) < 4.78 is 29.4. The van der Waals surface area contributed by atoms with E-state index in [1.54, 1.807) is 0 Å². The standard InChI is InChI=1S/C12H24O6S/c13-12(18-14)10-8-6-4-2-1-3-5-7-9-11-19(15,16)17/h14H,1-11H2,(H,15,16,17). The summed E-state index contributed by atoms with van der Waals surface area (Å²) in [4.78, 5) is 14.1. The fourth-order valence-corrected chi connectivity index (χ4v) is 2.41. The van der Waals surface area contributed by atoms with Gasteiger partial charge >= 0.3 is 5.97 Å². The predicted molar refractivity (Wildman–Crippen MR) is 71.3 cm³/mol. The topological polar surface area (TPSA) is 101 Å². The van der Waals surface area contributed by atoms with Gasteiger partial charge in [0, 0.05) is 6.42 Å². The Balaban J connectivity index is 3.13. The van der Waals surface area contributed by atoms with Crippen LogP contribution in [0.5, 0.6) is 0 Å². The summed E-state index contributed by atoms with van der Waals surface area (Å²) in [6.07, 6.45) is 8.53. The third kappa shape index (κ3) is 15.3. The molecule has 0 saturated heterocycles. The summed E-state index contributed by atoms with van der Waals surface area (Å²) in [5, 5.41) is 8.03. The normalized spacial score (nSPS) is 11.5. The molecule has 0 rings (SSSR count). The molecule has 0 aromatic carbocycles. The lowest BCUT2D eigenvalue weighted by Crippen LogP contribution is -2.03. The second-order valence-electron chi connectivity index (χ2n) is 4.68. The molecule has 6 nitrogen and oxygen atoms in total. The van der Waals surface area contributed by atoms with Crippen LogP contribution in [0, 0.1) is 0 Å². The van der Waals surface area contributed by atoms with Gasteiger partial charge in [0.05, 0.1) is 5.75 Å². The van der Waals surface area contributed by atoms with Crippen LogP contribution in [0.15, 0.2) is 0 Å². The van der Waals surface area contributed by atoms with Crippen LogP contribution < -0.4 is 0 Å². The van der Waals surface area contributed by atoms with Crippen LogP contribution in [-0.4, -0.2) is 29.9 Å². The van der Waals surface area contributed by atoms with E-state index in [1.165, 1.54) is 0 Å². The molecule has 2 N–H and O–H groups in total. The molecule has 0 saturated carbocycles. The lowest BCUT2D eigenvalue weighted by atomic mass is 10.1. The van der Waals surface area contributed by atoms with Crippen molar-refractivity contribution in [3.8, 4) is 0 Å². The van der Waals surface area contributed by atoms with Crippen molar-refractivity contribution in [3.05, 3.63) is 0 Å². The van der Waals surface area contributed by atoms with Crippen molar-refractivity contribution in [2.45, 2.75) is 64.2 Å². The van der Waals surface area contributed by atoms with Gasteiger partial charge in [-0.25, -0.2) is 4.79 Å². The minimum atomic E-state index is -3.80. The van der Waals surface area contributed by atoms with Crippen LogP contribution >= 0.6 is 0 Å². The molecule has 0 spiro atoms. The molecule has 0 heterocycles.